The van der Waals surface area contributed by atoms with Crippen molar-refractivity contribution in [3.63, 3.8) is 0 Å². The molecule has 10 nitrogen and oxygen atoms in total. The molecular formula is C28H22Cl2N3O7S-. The Morgan fingerprint density at radius 2 is 1.90 bits per heavy atom. The monoisotopic (exact) mass is 614 g/mol. The molecule has 0 saturated carbocycles. The van der Waals surface area contributed by atoms with Crippen LogP contribution in [-0.4, -0.2) is 49.2 Å². The van der Waals surface area contributed by atoms with Crippen molar-refractivity contribution >= 4 is 63.0 Å². The Kier molecular flexibility index (Phi) is 8.43. The van der Waals surface area contributed by atoms with E-state index in [9.17, 15) is 28.3 Å². The third-order valence-corrected chi connectivity index (χ3v) is 8.10. The number of carboxylic acid groups (broad SMARTS) is 1. The fourth-order valence-electron chi connectivity index (χ4n) is 4.70. The number of amides is 2. The van der Waals surface area contributed by atoms with Gasteiger partial charge in [0.25, 0.3) is 11.8 Å². The highest BCUT2D eigenvalue weighted by molar-refractivity contribution is 7.79. The molecular weight excluding hydrogens is 593 g/mol. The van der Waals surface area contributed by atoms with E-state index in [1.807, 2.05) is 6.07 Å². The van der Waals surface area contributed by atoms with E-state index >= 15 is 0 Å². The van der Waals surface area contributed by atoms with Crippen molar-refractivity contribution in [3.8, 4) is 0 Å². The molecule has 41 heavy (non-hydrogen) atoms. The lowest BCUT2D eigenvalue weighted by Gasteiger charge is -2.30. The van der Waals surface area contributed by atoms with Crippen molar-refractivity contribution in [3.05, 3.63) is 98.7 Å². The van der Waals surface area contributed by atoms with Gasteiger partial charge in [0.2, 0.25) is 0 Å². The van der Waals surface area contributed by atoms with Crippen LogP contribution >= 0.6 is 23.2 Å². The molecule has 1 unspecified atom stereocenters. The minimum Gasteiger partial charge on any atom is -0.768 e. The zero-order valence-electron chi connectivity index (χ0n) is 21.2. The number of carbonyl (C=O) groups is 3. The van der Waals surface area contributed by atoms with Gasteiger partial charge in [-0.05, 0) is 70.6 Å². The van der Waals surface area contributed by atoms with E-state index < -0.39 is 29.0 Å². The van der Waals surface area contributed by atoms with Crippen LogP contribution in [0, 0.1) is 0 Å². The second kappa shape index (κ2) is 12.0. The molecule has 212 valence electrons. The van der Waals surface area contributed by atoms with Crippen LogP contribution in [0.25, 0.3) is 11.0 Å². The molecule has 1 aliphatic rings. The number of nitrogens with zero attached hydrogens (tertiary/aromatic N) is 1. The second-order valence-electron chi connectivity index (χ2n) is 9.42. The number of nitrogens with one attached hydrogen (secondary N) is 2. The van der Waals surface area contributed by atoms with Crippen molar-refractivity contribution in [1.29, 1.82) is 0 Å². The number of fused-ring (bicyclic) bond motifs is 2. The number of benzene rings is 3. The summed E-state index contributed by atoms with van der Waals surface area (Å²) in [5.74, 6) is -2.40. The second-order valence-corrected chi connectivity index (χ2v) is 11.1. The molecule has 2 amide bonds. The van der Waals surface area contributed by atoms with Gasteiger partial charge in [0.1, 0.15) is 11.6 Å². The van der Waals surface area contributed by atoms with Crippen LogP contribution in [0.3, 0.4) is 0 Å². The van der Waals surface area contributed by atoms with Gasteiger partial charge in [0.05, 0.1) is 21.9 Å². The van der Waals surface area contributed by atoms with Crippen LogP contribution in [0.4, 0.5) is 0 Å². The molecule has 3 N–H and O–H groups in total. The van der Waals surface area contributed by atoms with Crippen LogP contribution < -0.4 is 10.7 Å². The third-order valence-electron chi connectivity index (χ3n) is 6.74. The van der Waals surface area contributed by atoms with E-state index in [0.717, 1.165) is 5.39 Å². The molecule has 1 aromatic heterocycles. The zero-order chi connectivity index (χ0) is 29.3. The number of carboxylic acids is 1. The van der Waals surface area contributed by atoms with Gasteiger partial charge in [-0.3, -0.25) is 19.2 Å². The predicted molar refractivity (Wildman–Crippen MR) is 150 cm³/mol. The van der Waals surface area contributed by atoms with Crippen LogP contribution in [0.15, 0.2) is 70.2 Å². The van der Waals surface area contributed by atoms with Crippen molar-refractivity contribution in [1.82, 2.24) is 15.8 Å². The molecule has 3 aromatic carbocycles. The number of furan rings is 1. The molecule has 0 bridgehead atoms. The smallest absolute Gasteiger partial charge is 0.326 e. The number of halogens is 2. The molecule has 2 heterocycles. The Morgan fingerprint density at radius 3 is 2.66 bits per heavy atom. The van der Waals surface area contributed by atoms with Crippen LogP contribution in [0.5, 0.6) is 0 Å². The third kappa shape index (κ3) is 6.29. The summed E-state index contributed by atoms with van der Waals surface area (Å²) < 4.78 is 27.9. The van der Waals surface area contributed by atoms with Crippen molar-refractivity contribution in [2.24, 2.45) is 0 Å². The first-order valence-electron chi connectivity index (χ1n) is 12.4. The summed E-state index contributed by atoms with van der Waals surface area (Å²) in [7, 11) is 0. The molecule has 4 aromatic rings. The van der Waals surface area contributed by atoms with E-state index in [2.05, 4.69) is 10.7 Å². The Labute approximate surface area is 246 Å². The van der Waals surface area contributed by atoms with E-state index in [4.69, 9.17) is 27.6 Å². The van der Waals surface area contributed by atoms with Gasteiger partial charge in [0.15, 0.2) is 0 Å². The zero-order valence-corrected chi connectivity index (χ0v) is 23.5. The fraction of sp³-hybridized carbons (Fsp3) is 0.179. The van der Waals surface area contributed by atoms with Gasteiger partial charge < -0.3 is 19.4 Å². The van der Waals surface area contributed by atoms with Crippen molar-refractivity contribution < 1.29 is 32.7 Å². The molecule has 0 fully saturated rings. The Bertz CT molecular complexity index is 1710. The van der Waals surface area contributed by atoms with E-state index in [1.54, 1.807) is 41.6 Å². The van der Waals surface area contributed by atoms with Crippen LogP contribution in [-0.2, 0) is 35.3 Å². The molecule has 1 aliphatic heterocycles. The van der Waals surface area contributed by atoms with Gasteiger partial charge in [-0.2, -0.15) is 0 Å². The Morgan fingerprint density at radius 1 is 1.10 bits per heavy atom. The molecule has 0 aliphatic carbocycles. The molecule has 5 rings (SSSR count). The largest absolute Gasteiger partial charge is 0.768 e. The molecule has 0 radical (unpaired) electrons. The average Bonchev–Trinajstić information content (AvgIpc) is 3.40. The number of hydrazine groups is 1. The summed E-state index contributed by atoms with van der Waals surface area (Å²) in [6.45, 7) is 0.680. The minimum absolute atomic E-state index is 0.00238. The maximum absolute atomic E-state index is 13.2. The lowest BCUT2D eigenvalue weighted by molar-refractivity contribution is -0.139. The average molecular weight is 615 g/mol. The van der Waals surface area contributed by atoms with Gasteiger partial charge in [-0.1, -0.05) is 41.4 Å². The lowest BCUT2D eigenvalue weighted by atomic mass is 9.97. The molecule has 0 saturated heterocycles. The first-order valence-corrected chi connectivity index (χ1v) is 14.2. The summed E-state index contributed by atoms with van der Waals surface area (Å²) in [6, 6.07) is 12.9. The van der Waals surface area contributed by atoms with E-state index in [-0.39, 0.29) is 39.4 Å². The van der Waals surface area contributed by atoms with Crippen LogP contribution in [0.1, 0.15) is 37.4 Å². The first kappa shape index (κ1) is 28.8. The molecule has 2 atom stereocenters. The van der Waals surface area contributed by atoms with Crippen molar-refractivity contribution in [2.75, 3.05) is 6.54 Å². The van der Waals surface area contributed by atoms with Gasteiger partial charge in [-0.25, -0.2) is 9.80 Å². The fourth-order valence-corrected chi connectivity index (χ4v) is 5.90. The van der Waals surface area contributed by atoms with Crippen molar-refractivity contribution in [2.45, 2.75) is 30.3 Å². The maximum Gasteiger partial charge on any atom is 0.326 e. The topological polar surface area (TPSA) is 152 Å². The summed E-state index contributed by atoms with van der Waals surface area (Å²) in [5.41, 5.74) is 5.63. The number of hydrogen-bond acceptors (Lipinski definition) is 7. The highest BCUT2D eigenvalue weighted by Crippen LogP contribution is 2.34. The lowest BCUT2D eigenvalue weighted by Crippen LogP contribution is -2.45. The summed E-state index contributed by atoms with van der Waals surface area (Å²) in [6.07, 6.45) is 1.79. The molecule has 13 heteroatoms. The Hall–Kier alpha value is -3.74. The van der Waals surface area contributed by atoms with Crippen LogP contribution in [0.2, 0.25) is 10.0 Å². The SMILES string of the molecule is O=C(NN1CCc2c(cc(Cl)c(C(=O)N[C@@H](Cc3cccc(S(=O)[O-])c3)C(=O)O)c2Cl)C1)c1ccc2ccoc2c1. The highest BCUT2D eigenvalue weighted by Gasteiger charge is 2.29. The number of rotatable bonds is 8. The van der Waals surface area contributed by atoms with Gasteiger partial charge in [-0.15, -0.1) is 0 Å². The number of hydrogen-bond donors (Lipinski definition) is 3. The normalized spacial score (nSPS) is 14.7. The standard InChI is InChI=1S/C28H23Cl2N3O7S/c29-21-12-18-14-33(32-26(34)17-5-4-16-7-9-40-23(16)13-17)8-6-20(18)25(30)24(21)27(35)31-22(28(36)37)11-15-2-1-3-19(10-15)41(38)39/h1-5,7,9-10,12-13,22H,6,8,11,14H2,(H,31,35)(H,32,34)(H,36,37)(H,38,39)/p-1/t22-/m0/s1. The number of carbonyl (C=O) groups excluding carboxylic acids is 2. The number of aliphatic carboxylic acids is 1. The predicted octanol–water partition coefficient (Wildman–Crippen LogP) is 4.11. The minimum atomic E-state index is -2.48. The quantitative estimate of drug-likeness (QED) is 0.251. The van der Waals surface area contributed by atoms with Gasteiger partial charge in [0, 0.05) is 35.4 Å². The Balaban J connectivity index is 1.30. The van der Waals surface area contributed by atoms with Gasteiger partial charge >= 0.3 is 5.97 Å². The maximum atomic E-state index is 13.2. The first-order chi connectivity index (χ1) is 19.6. The summed E-state index contributed by atoms with van der Waals surface area (Å²) in [4.78, 5) is 37.9. The van der Waals surface area contributed by atoms with E-state index in [1.165, 1.54) is 18.2 Å². The highest BCUT2D eigenvalue weighted by atomic mass is 35.5. The molecule has 0 spiro atoms. The summed E-state index contributed by atoms with van der Waals surface area (Å²) >= 11 is 10.6. The van der Waals surface area contributed by atoms with E-state index in [0.29, 0.717) is 40.8 Å². The summed E-state index contributed by atoms with van der Waals surface area (Å²) in [5, 5.41) is 14.9.